The van der Waals surface area contributed by atoms with Crippen molar-refractivity contribution in [2.75, 3.05) is 11.9 Å². The molecule has 0 aliphatic heterocycles. The van der Waals surface area contributed by atoms with Gasteiger partial charge in [0.25, 0.3) is 5.91 Å². The molecule has 1 aromatic heterocycles. The second kappa shape index (κ2) is 12.6. The fraction of sp³-hybridized carbons (Fsp3) is 0.114. The van der Waals surface area contributed by atoms with Gasteiger partial charge in [-0.2, -0.15) is 5.26 Å². The first-order valence-corrected chi connectivity index (χ1v) is 13.4. The van der Waals surface area contributed by atoms with E-state index >= 15 is 0 Å². The molecule has 0 atom stereocenters. The van der Waals surface area contributed by atoms with Crippen molar-refractivity contribution in [2.45, 2.75) is 20.4 Å². The van der Waals surface area contributed by atoms with E-state index in [-0.39, 0.29) is 6.61 Å². The normalized spacial score (nSPS) is 11.1. The number of aromatic nitrogens is 1. The molecule has 0 fully saturated rings. The first kappa shape index (κ1) is 27.2. The molecule has 0 saturated carbocycles. The Morgan fingerprint density at radius 1 is 0.854 bits per heavy atom. The van der Waals surface area contributed by atoms with E-state index in [0.29, 0.717) is 23.6 Å². The fourth-order valence-corrected chi connectivity index (χ4v) is 4.77. The second-order valence-corrected chi connectivity index (χ2v) is 9.73. The van der Waals surface area contributed by atoms with Crippen molar-refractivity contribution in [1.82, 2.24) is 4.57 Å². The monoisotopic (exact) mass is 538 g/mol. The van der Waals surface area contributed by atoms with E-state index in [1.807, 2.05) is 134 Å². The summed E-state index contributed by atoms with van der Waals surface area (Å²) < 4.78 is 2.00. The molecule has 1 heterocycles. The van der Waals surface area contributed by atoms with Gasteiger partial charge in [0.1, 0.15) is 17.5 Å². The van der Waals surface area contributed by atoms with Gasteiger partial charge in [0.15, 0.2) is 6.61 Å². The SMILES string of the molecule is C/C(=N\OCC(=O)Nc1c(C#N)c(-c2ccccc2)c(-c2ccccc2)n1Cc1ccccc1)c1ccc(C)cc1. The van der Waals surface area contributed by atoms with Gasteiger partial charge >= 0.3 is 0 Å². The van der Waals surface area contributed by atoms with Gasteiger partial charge in [-0.3, -0.25) is 4.79 Å². The number of nitriles is 1. The zero-order valence-electron chi connectivity index (χ0n) is 23.0. The van der Waals surface area contributed by atoms with E-state index in [9.17, 15) is 10.1 Å². The quantitative estimate of drug-likeness (QED) is 0.157. The van der Waals surface area contributed by atoms with Crippen molar-refractivity contribution in [3.05, 3.63) is 138 Å². The summed E-state index contributed by atoms with van der Waals surface area (Å²) in [7, 11) is 0. The number of carbonyl (C=O) groups is 1. The van der Waals surface area contributed by atoms with E-state index in [2.05, 4.69) is 16.5 Å². The molecule has 0 spiro atoms. The van der Waals surface area contributed by atoms with Gasteiger partial charge in [-0.1, -0.05) is 126 Å². The number of benzene rings is 4. The number of amides is 1. The Hall–Kier alpha value is -5.41. The third-order valence-corrected chi connectivity index (χ3v) is 6.79. The van der Waals surface area contributed by atoms with Gasteiger partial charge in [-0.05, 0) is 36.1 Å². The van der Waals surface area contributed by atoms with Gasteiger partial charge in [-0.15, -0.1) is 0 Å². The molecule has 6 heteroatoms. The average molecular weight is 539 g/mol. The van der Waals surface area contributed by atoms with Crippen LogP contribution in [-0.2, 0) is 16.2 Å². The summed E-state index contributed by atoms with van der Waals surface area (Å²) in [6.07, 6.45) is 0. The van der Waals surface area contributed by atoms with Crippen molar-refractivity contribution < 1.29 is 9.63 Å². The van der Waals surface area contributed by atoms with E-state index in [1.165, 1.54) is 0 Å². The van der Waals surface area contributed by atoms with Crippen LogP contribution in [0.2, 0.25) is 0 Å². The Bertz CT molecular complexity index is 1700. The summed E-state index contributed by atoms with van der Waals surface area (Å²) in [4.78, 5) is 18.6. The largest absolute Gasteiger partial charge is 0.385 e. The summed E-state index contributed by atoms with van der Waals surface area (Å²) in [6.45, 7) is 4.01. The van der Waals surface area contributed by atoms with Crippen molar-refractivity contribution in [2.24, 2.45) is 5.16 Å². The molecule has 6 nitrogen and oxygen atoms in total. The van der Waals surface area contributed by atoms with Gasteiger partial charge in [-0.25, -0.2) is 0 Å². The van der Waals surface area contributed by atoms with Gasteiger partial charge in [0, 0.05) is 12.1 Å². The Morgan fingerprint density at radius 2 is 1.44 bits per heavy atom. The Kier molecular flexibility index (Phi) is 8.37. The van der Waals surface area contributed by atoms with Crippen LogP contribution in [-0.4, -0.2) is 22.8 Å². The fourth-order valence-electron chi connectivity index (χ4n) is 4.77. The van der Waals surface area contributed by atoms with Crippen molar-refractivity contribution in [1.29, 1.82) is 5.26 Å². The maximum absolute atomic E-state index is 13.2. The number of carbonyl (C=O) groups excluding carboxylic acids is 1. The molecular weight excluding hydrogens is 508 g/mol. The lowest BCUT2D eigenvalue weighted by Crippen LogP contribution is -2.20. The molecule has 202 valence electrons. The van der Waals surface area contributed by atoms with E-state index < -0.39 is 5.91 Å². The number of oxime groups is 1. The first-order valence-electron chi connectivity index (χ1n) is 13.4. The first-order chi connectivity index (χ1) is 20.0. The van der Waals surface area contributed by atoms with Gasteiger partial charge in [0.2, 0.25) is 0 Å². The van der Waals surface area contributed by atoms with E-state index in [4.69, 9.17) is 4.84 Å². The predicted molar refractivity (Wildman–Crippen MR) is 164 cm³/mol. The standard InChI is InChI=1S/C35H30N4O2/c1-25-18-20-28(21-19-25)26(2)38-41-24-32(40)37-35-31(22-36)33(29-14-8-4-9-15-29)34(30-16-10-5-11-17-30)39(35)23-27-12-6-3-7-13-27/h3-21H,23-24H2,1-2H3,(H,37,40)/b38-26+. The highest BCUT2D eigenvalue weighted by Gasteiger charge is 2.26. The molecule has 0 aliphatic rings. The highest BCUT2D eigenvalue weighted by Crippen LogP contribution is 2.42. The average Bonchev–Trinajstić information content (AvgIpc) is 3.31. The molecule has 0 aliphatic carbocycles. The number of anilines is 1. The summed E-state index contributed by atoms with van der Waals surface area (Å²) >= 11 is 0. The minimum atomic E-state index is -0.409. The second-order valence-electron chi connectivity index (χ2n) is 9.73. The topological polar surface area (TPSA) is 79.4 Å². The van der Waals surface area contributed by atoms with Crippen LogP contribution in [0.1, 0.15) is 29.2 Å². The zero-order valence-corrected chi connectivity index (χ0v) is 23.0. The number of hydrogen-bond donors (Lipinski definition) is 1. The highest BCUT2D eigenvalue weighted by molar-refractivity contribution is 5.99. The van der Waals surface area contributed by atoms with Crippen LogP contribution in [0.25, 0.3) is 22.4 Å². The molecule has 0 unspecified atom stereocenters. The minimum Gasteiger partial charge on any atom is -0.385 e. The van der Waals surface area contributed by atoms with E-state index in [0.717, 1.165) is 39.1 Å². The van der Waals surface area contributed by atoms with Crippen molar-refractivity contribution in [3.8, 4) is 28.5 Å². The lowest BCUT2D eigenvalue weighted by atomic mass is 9.98. The molecule has 0 saturated heterocycles. The third kappa shape index (κ3) is 6.26. The van der Waals surface area contributed by atoms with Gasteiger partial charge in [0.05, 0.1) is 11.4 Å². The molecule has 5 rings (SSSR count). The zero-order chi connectivity index (χ0) is 28.6. The molecule has 1 amide bonds. The van der Waals surface area contributed by atoms with E-state index in [1.54, 1.807) is 0 Å². The molecule has 1 N–H and O–H groups in total. The Labute approximate surface area is 240 Å². The number of aryl methyl sites for hydroxylation is 1. The molecule has 4 aromatic carbocycles. The van der Waals surface area contributed by atoms with Crippen LogP contribution in [0.3, 0.4) is 0 Å². The lowest BCUT2D eigenvalue weighted by molar-refractivity contribution is -0.120. The van der Waals surface area contributed by atoms with Gasteiger partial charge < -0.3 is 14.7 Å². The summed E-state index contributed by atoms with van der Waals surface area (Å²) in [6, 6.07) is 40.0. The number of hydrogen-bond acceptors (Lipinski definition) is 4. The highest BCUT2D eigenvalue weighted by atomic mass is 16.6. The molecule has 5 aromatic rings. The molecular formula is C35H30N4O2. The van der Waals surface area contributed by atoms with Crippen LogP contribution < -0.4 is 5.32 Å². The van der Waals surface area contributed by atoms with Crippen LogP contribution in [0.4, 0.5) is 5.82 Å². The lowest BCUT2D eigenvalue weighted by Gasteiger charge is -2.15. The number of nitrogens with zero attached hydrogens (tertiary/aromatic N) is 3. The van der Waals surface area contributed by atoms with Crippen LogP contribution >= 0.6 is 0 Å². The van der Waals surface area contributed by atoms with Crippen LogP contribution in [0.15, 0.2) is 120 Å². The summed E-state index contributed by atoms with van der Waals surface area (Å²) in [5, 5.41) is 17.6. The van der Waals surface area contributed by atoms with Crippen molar-refractivity contribution in [3.63, 3.8) is 0 Å². The third-order valence-electron chi connectivity index (χ3n) is 6.79. The predicted octanol–water partition coefficient (Wildman–Crippen LogP) is 7.43. The van der Waals surface area contributed by atoms with Crippen molar-refractivity contribution >= 4 is 17.4 Å². The summed E-state index contributed by atoms with van der Waals surface area (Å²) in [5.74, 6) is 0.00915. The van der Waals surface area contributed by atoms with Crippen LogP contribution in [0, 0.1) is 18.3 Å². The smallest absolute Gasteiger partial charge is 0.266 e. The number of rotatable bonds is 9. The molecule has 0 radical (unpaired) electrons. The van der Waals surface area contributed by atoms with Crippen LogP contribution in [0.5, 0.6) is 0 Å². The number of nitrogens with one attached hydrogen (secondary N) is 1. The Balaban J connectivity index is 1.54. The maximum atomic E-state index is 13.2. The maximum Gasteiger partial charge on any atom is 0.266 e. The molecule has 0 bridgehead atoms. The molecule has 41 heavy (non-hydrogen) atoms. The Morgan fingerprint density at radius 3 is 2.05 bits per heavy atom. The summed E-state index contributed by atoms with van der Waals surface area (Å²) in [5.41, 5.74) is 7.60. The minimum absolute atomic E-state index is 0.300.